The minimum absolute atomic E-state index is 0.0174. The van der Waals surface area contributed by atoms with Crippen molar-refractivity contribution in [3.8, 4) is 5.69 Å². The third-order valence-corrected chi connectivity index (χ3v) is 7.55. The van der Waals surface area contributed by atoms with Crippen molar-refractivity contribution in [2.75, 3.05) is 25.4 Å². The van der Waals surface area contributed by atoms with E-state index < -0.39 is 0 Å². The van der Waals surface area contributed by atoms with Gasteiger partial charge >= 0.3 is 0 Å². The summed E-state index contributed by atoms with van der Waals surface area (Å²) in [4.78, 5) is 33.2. The topological polar surface area (TPSA) is 85.1 Å². The van der Waals surface area contributed by atoms with Gasteiger partial charge in [-0.05, 0) is 64.0 Å². The molecule has 0 spiro atoms. The van der Waals surface area contributed by atoms with Gasteiger partial charge in [-0.2, -0.15) is 5.10 Å². The highest BCUT2D eigenvalue weighted by Crippen LogP contribution is 2.33. The van der Waals surface area contributed by atoms with Gasteiger partial charge < -0.3 is 10.2 Å². The Labute approximate surface area is 204 Å². The number of nitrogens with one attached hydrogen (secondary N) is 1. The zero-order valence-electron chi connectivity index (χ0n) is 20.5. The predicted molar refractivity (Wildman–Crippen MR) is 137 cm³/mol. The van der Waals surface area contributed by atoms with Crippen LogP contribution in [0.5, 0.6) is 0 Å². The zero-order valence-corrected chi connectivity index (χ0v) is 21.3. The van der Waals surface area contributed by atoms with E-state index >= 15 is 0 Å². The lowest BCUT2D eigenvalue weighted by molar-refractivity contribution is -0.122. The van der Waals surface area contributed by atoms with Crippen LogP contribution in [0.25, 0.3) is 16.7 Å². The van der Waals surface area contributed by atoms with Crippen LogP contribution in [0.4, 0.5) is 0 Å². The Kier molecular flexibility index (Phi) is 7.73. The van der Waals surface area contributed by atoms with E-state index in [0.717, 1.165) is 43.7 Å². The Balaban J connectivity index is 1.45. The molecule has 1 aromatic carbocycles. The van der Waals surface area contributed by atoms with Crippen molar-refractivity contribution in [2.45, 2.75) is 64.2 Å². The second kappa shape index (κ2) is 10.7. The molecule has 2 aromatic heterocycles. The second-order valence-electron chi connectivity index (χ2n) is 9.01. The highest BCUT2D eigenvalue weighted by Gasteiger charge is 2.29. The number of rotatable bonds is 10. The molecule has 9 heteroatoms. The fraction of sp³-hybridized carbons (Fsp3) is 0.520. The number of benzene rings is 1. The molecule has 0 saturated carbocycles. The van der Waals surface area contributed by atoms with Crippen molar-refractivity contribution in [3.05, 3.63) is 46.4 Å². The second-order valence-corrected chi connectivity index (χ2v) is 10.00. The summed E-state index contributed by atoms with van der Waals surface area (Å²) in [7, 11) is 0. The molecule has 182 valence electrons. The third-order valence-electron chi connectivity index (χ3n) is 6.45. The summed E-state index contributed by atoms with van der Waals surface area (Å²) in [6, 6.07) is 7.87. The average molecular weight is 483 g/mol. The van der Waals surface area contributed by atoms with Crippen molar-refractivity contribution in [1.29, 1.82) is 0 Å². The maximum atomic E-state index is 13.3. The summed E-state index contributed by atoms with van der Waals surface area (Å²) >= 11 is 1.52. The number of nitrogens with zero attached hydrogens (tertiary/aromatic N) is 5. The fourth-order valence-electron chi connectivity index (χ4n) is 4.51. The number of fused-ring (bicyclic) bond motifs is 2. The normalized spacial score (nSPS) is 16.2. The van der Waals surface area contributed by atoms with Gasteiger partial charge in [0.25, 0.3) is 5.56 Å². The van der Waals surface area contributed by atoms with E-state index in [4.69, 9.17) is 4.98 Å². The Hall–Kier alpha value is -2.65. The van der Waals surface area contributed by atoms with Gasteiger partial charge in [0.05, 0.1) is 17.9 Å². The molecular formula is C25H34N6O2S. The van der Waals surface area contributed by atoms with Crippen LogP contribution in [0.3, 0.4) is 0 Å². The number of aryl methyl sites for hydroxylation is 1. The first-order valence-electron chi connectivity index (χ1n) is 12.1. The van der Waals surface area contributed by atoms with Crippen LogP contribution in [0.15, 0.2) is 40.4 Å². The van der Waals surface area contributed by atoms with E-state index in [1.54, 1.807) is 15.4 Å². The van der Waals surface area contributed by atoms with E-state index in [2.05, 4.69) is 36.1 Å². The van der Waals surface area contributed by atoms with Crippen LogP contribution >= 0.6 is 11.8 Å². The van der Waals surface area contributed by atoms with Crippen LogP contribution in [0, 0.1) is 6.92 Å². The quantitative estimate of drug-likeness (QED) is 0.445. The molecule has 4 rings (SSSR count). The minimum Gasteiger partial charge on any atom is -0.354 e. The van der Waals surface area contributed by atoms with Crippen molar-refractivity contribution < 1.29 is 4.79 Å². The molecule has 0 aliphatic carbocycles. The molecular weight excluding hydrogens is 448 g/mol. The van der Waals surface area contributed by atoms with E-state index in [9.17, 15) is 9.59 Å². The van der Waals surface area contributed by atoms with Crippen LogP contribution in [0.2, 0.25) is 0 Å². The summed E-state index contributed by atoms with van der Waals surface area (Å²) in [6.45, 7) is 11.6. The van der Waals surface area contributed by atoms with Crippen molar-refractivity contribution >= 4 is 28.7 Å². The summed E-state index contributed by atoms with van der Waals surface area (Å²) in [5, 5.41) is 8.68. The molecule has 8 nitrogen and oxygen atoms in total. The number of hydrogen-bond donors (Lipinski definition) is 1. The summed E-state index contributed by atoms with van der Waals surface area (Å²) in [5.41, 5.74) is 2.41. The Morgan fingerprint density at radius 3 is 2.85 bits per heavy atom. The van der Waals surface area contributed by atoms with E-state index in [0.29, 0.717) is 21.9 Å². The fourth-order valence-corrected chi connectivity index (χ4v) is 5.64. The molecule has 0 saturated heterocycles. The van der Waals surface area contributed by atoms with Gasteiger partial charge in [0.1, 0.15) is 5.39 Å². The molecule has 1 aliphatic heterocycles. The number of carbonyl (C=O) groups is 1. The van der Waals surface area contributed by atoms with Crippen LogP contribution in [0.1, 0.15) is 51.6 Å². The van der Waals surface area contributed by atoms with Crippen molar-refractivity contribution in [1.82, 2.24) is 29.5 Å². The molecule has 3 heterocycles. The maximum Gasteiger partial charge on any atom is 0.265 e. The van der Waals surface area contributed by atoms with Crippen LogP contribution < -0.4 is 10.9 Å². The molecule has 0 radical (unpaired) electrons. The highest BCUT2D eigenvalue weighted by atomic mass is 32.2. The molecule has 1 aliphatic rings. The van der Waals surface area contributed by atoms with Gasteiger partial charge in [-0.15, -0.1) is 0 Å². The average Bonchev–Trinajstić information content (AvgIpc) is 3.41. The molecule has 0 bridgehead atoms. The predicted octanol–water partition coefficient (Wildman–Crippen LogP) is 3.55. The lowest BCUT2D eigenvalue weighted by atomic mass is 10.1. The number of aromatic nitrogens is 4. The van der Waals surface area contributed by atoms with Crippen molar-refractivity contribution in [3.63, 3.8) is 0 Å². The highest BCUT2D eigenvalue weighted by molar-refractivity contribution is 7.99. The lowest BCUT2D eigenvalue weighted by Crippen LogP contribution is -2.36. The summed E-state index contributed by atoms with van der Waals surface area (Å²) in [6.07, 6.45) is 3.86. The molecule has 2 unspecified atom stereocenters. The van der Waals surface area contributed by atoms with Gasteiger partial charge in [0, 0.05) is 18.2 Å². The van der Waals surface area contributed by atoms with Gasteiger partial charge in [0.15, 0.2) is 10.8 Å². The summed E-state index contributed by atoms with van der Waals surface area (Å²) < 4.78 is 3.39. The van der Waals surface area contributed by atoms with E-state index in [1.807, 2.05) is 31.2 Å². The third kappa shape index (κ3) is 5.20. The Morgan fingerprint density at radius 1 is 1.32 bits per heavy atom. The number of thioether (sulfide) groups is 1. The van der Waals surface area contributed by atoms with Crippen molar-refractivity contribution in [2.24, 2.45) is 0 Å². The van der Waals surface area contributed by atoms with Gasteiger partial charge in [-0.3, -0.25) is 14.2 Å². The monoisotopic (exact) mass is 482 g/mol. The zero-order chi connectivity index (χ0) is 24.2. The molecule has 34 heavy (non-hydrogen) atoms. The van der Waals surface area contributed by atoms with E-state index in [-0.39, 0.29) is 30.0 Å². The Morgan fingerprint density at radius 2 is 2.12 bits per heavy atom. The number of amides is 1. The molecule has 2 atom stereocenters. The standard InChI is InChI=1S/C25H34N6O2S/c1-5-29(6-2)12-8-10-18(4)27-22(32)14-20-16-34-25-28-23-21(24(33)30(20)25)15-26-31(23)19-11-7-9-17(3)13-19/h7,9,11,13,15,18,20H,5-6,8,10,12,14,16H2,1-4H3,(H,27,32). The molecule has 0 fully saturated rings. The van der Waals surface area contributed by atoms with Gasteiger partial charge in [-0.1, -0.05) is 37.7 Å². The molecule has 1 N–H and O–H groups in total. The SMILES string of the molecule is CCN(CC)CCCC(C)NC(=O)CC1CSc2nc3c(cnn3-c3cccc(C)c3)c(=O)n21. The number of carbonyl (C=O) groups excluding carboxylic acids is 1. The van der Waals surface area contributed by atoms with Gasteiger partial charge in [0.2, 0.25) is 5.91 Å². The first kappa shape index (κ1) is 24.5. The first-order chi connectivity index (χ1) is 16.4. The molecule has 1 amide bonds. The van der Waals surface area contributed by atoms with E-state index in [1.165, 1.54) is 11.8 Å². The van der Waals surface area contributed by atoms with Crippen LogP contribution in [-0.2, 0) is 4.79 Å². The minimum atomic E-state index is -0.199. The van der Waals surface area contributed by atoms with Gasteiger partial charge in [-0.25, -0.2) is 9.67 Å². The summed E-state index contributed by atoms with van der Waals surface area (Å²) in [5.74, 6) is 0.646. The Bertz CT molecular complexity index is 1220. The maximum absolute atomic E-state index is 13.3. The molecule has 3 aromatic rings. The smallest absolute Gasteiger partial charge is 0.265 e. The largest absolute Gasteiger partial charge is 0.354 e. The first-order valence-corrected chi connectivity index (χ1v) is 13.1. The number of hydrogen-bond acceptors (Lipinski definition) is 6. The van der Waals surface area contributed by atoms with Crippen LogP contribution in [-0.4, -0.2) is 61.6 Å². The lowest BCUT2D eigenvalue weighted by Gasteiger charge is -2.20.